The Bertz CT molecular complexity index is 1330. The first-order valence-corrected chi connectivity index (χ1v) is 11.5. The molecule has 3 aromatic rings. The second kappa shape index (κ2) is 10.1. The topological polar surface area (TPSA) is 139 Å². The summed E-state index contributed by atoms with van der Waals surface area (Å²) in [6.45, 7) is -1.02. The van der Waals surface area contributed by atoms with Gasteiger partial charge in [-0.2, -0.15) is 17.5 Å². The number of sulfonamides is 1. The number of hydrogen-bond donors (Lipinski definition) is 2. The van der Waals surface area contributed by atoms with Crippen molar-refractivity contribution in [1.82, 2.24) is 19.3 Å². The molecule has 1 aliphatic heterocycles. The smallest absolute Gasteiger partial charge is 0.475 e. The predicted molar refractivity (Wildman–Crippen MR) is 117 cm³/mol. The van der Waals surface area contributed by atoms with E-state index in [4.69, 9.17) is 15.6 Å². The zero-order valence-electron chi connectivity index (χ0n) is 18.2. The molecule has 0 spiro atoms. The van der Waals surface area contributed by atoms with Crippen LogP contribution in [0.5, 0.6) is 0 Å². The van der Waals surface area contributed by atoms with Gasteiger partial charge >= 0.3 is 12.1 Å². The summed E-state index contributed by atoms with van der Waals surface area (Å²) in [5, 5.41) is 7.12. The number of halogens is 5. The first-order chi connectivity index (χ1) is 16.7. The molecular formula is C21H18F5N5O4S. The van der Waals surface area contributed by atoms with E-state index < -0.39 is 41.1 Å². The normalized spacial score (nSPS) is 15.7. The Balaban J connectivity index is 0.000000454. The summed E-state index contributed by atoms with van der Waals surface area (Å²) in [4.78, 5) is 21.1. The van der Waals surface area contributed by atoms with E-state index in [0.29, 0.717) is 22.4 Å². The van der Waals surface area contributed by atoms with Crippen molar-refractivity contribution in [3.8, 4) is 22.4 Å². The van der Waals surface area contributed by atoms with Crippen molar-refractivity contribution < 1.29 is 40.3 Å². The highest BCUT2D eigenvalue weighted by Gasteiger charge is 2.44. The number of nitrogens with zero attached hydrogens (tertiary/aromatic N) is 4. The van der Waals surface area contributed by atoms with Gasteiger partial charge in [-0.1, -0.05) is 24.3 Å². The van der Waals surface area contributed by atoms with Crippen LogP contribution in [0, 0.1) is 0 Å². The van der Waals surface area contributed by atoms with Crippen LogP contribution in [0.2, 0.25) is 0 Å². The Morgan fingerprint density at radius 1 is 1.00 bits per heavy atom. The molecule has 0 saturated carbocycles. The number of nitrogen functional groups attached to an aromatic ring is 1. The quantitative estimate of drug-likeness (QED) is 0.488. The SMILES string of the molecule is Nc1ncc(-c2ccc(-c3ccccc3S(=O)(=O)N3CCC(F)(F)C3)cn2)cn1.O=C(O)C(F)(F)F. The largest absolute Gasteiger partial charge is 0.490 e. The molecule has 15 heteroatoms. The second-order valence-corrected chi connectivity index (χ2v) is 9.41. The second-order valence-electron chi connectivity index (χ2n) is 7.51. The van der Waals surface area contributed by atoms with Crippen molar-refractivity contribution in [2.75, 3.05) is 18.8 Å². The number of carboxylic acid groups (broad SMARTS) is 1. The van der Waals surface area contributed by atoms with Gasteiger partial charge in [0.1, 0.15) is 0 Å². The third kappa shape index (κ3) is 6.28. The van der Waals surface area contributed by atoms with Crippen LogP contribution >= 0.6 is 0 Å². The number of aromatic nitrogens is 3. The van der Waals surface area contributed by atoms with Gasteiger partial charge in [0.25, 0.3) is 5.92 Å². The standard InChI is InChI=1S/C19H17F2N5O2S.C2HF3O2/c20-19(21)7-8-26(12-19)29(27,28)17-4-2-1-3-15(17)13-5-6-16(23-9-13)14-10-24-18(22)25-11-14;3-2(4,5)1(6)7/h1-6,9-11H,7-8,12H2,(H2,22,24,25);(H,6,7). The first-order valence-electron chi connectivity index (χ1n) is 10.0. The third-order valence-electron chi connectivity index (χ3n) is 4.92. The van der Waals surface area contributed by atoms with Gasteiger partial charge in [0.2, 0.25) is 16.0 Å². The Kier molecular flexibility index (Phi) is 7.54. The summed E-state index contributed by atoms with van der Waals surface area (Å²) in [7, 11) is -4.06. The van der Waals surface area contributed by atoms with E-state index in [0.717, 1.165) is 4.31 Å². The van der Waals surface area contributed by atoms with E-state index in [-0.39, 0.29) is 17.4 Å². The van der Waals surface area contributed by atoms with Gasteiger partial charge in [0.05, 0.1) is 17.1 Å². The van der Waals surface area contributed by atoms with Crippen molar-refractivity contribution in [3.05, 3.63) is 55.0 Å². The fourth-order valence-corrected chi connectivity index (χ4v) is 4.86. The molecule has 1 fully saturated rings. The van der Waals surface area contributed by atoms with Crippen molar-refractivity contribution >= 4 is 21.9 Å². The fourth-order valence-electron chi connectivity index (χ4n) is 3.17. The first kappa shape index (κ1) is 26.9. The maximum atomic E-state index is 13.6. The monoisotopic (exact) mass is 531 g/mol. The molecule has 1 aliphatic rings. The van der Waals surface area contributed by atoms with Gasteiger partial charge in [-0.15, -0.1) is 0 Å². The van der Waals surface area contributed by atoms with Gasteiger partial charge in [0.15, 0.2) is 0 Å². The van der Waals surface area contributed by atoms with Gasteiger partial charge in [-0.25, -0.2) is 32.0 Å². The molecule has 9 nitrogen and oxygen atoms in total. The lowest BCUT2D eigenvalue weighted by atomic mass is 10.1. The van der Waals surface area contributed by atoms with Gasteiger partial charge in [-0.05, 0) is 12.1 Å². The highest BCUT2D eigenvalue weighted by Crippen LogP contribution is 2.35. The number of anilines is 1. The third-order valence-corrected chi connectivity index (χ3v) is 6.83. The van der Waals surface area contributed by atoms with E-state index in [1.165, 1.54) is 24.7 Å². The number of carboxylic acids is 1. The zero-order chi connectivity index (χ0) is 26.7. The summed E-state index contributed by atoms with van der Waals surface area (Å²) in [6, 6.07) is 9.73. The lowest BCUT2D eigenvalue weighted by Gasteiger charge is -2.18. The number of pyridine rings is 1. The van der Waals surface area contributed by atoms with E-state index >= 15 is 0 Å². The Labute approximate surface area is 201 Å². The van der Waals surface area contributed by atoms with Crippen LogP contribution in [0.4, 0.5) is 27.9 Å². The fraction of sp³-hybridized carbons (Fsp3) is 0.238. The molecule has 0 atom stereocenters. The molecule has 0 aliphatic carbocycles. The molecule has 2 aromatic heterocycles. The van der Waals surface area contributed by atoms with Crippen LogP contribution in [0.3, 0.4) is 0 Å². The Morgan fingerprint density at radius 2 is 1.58 bits per heavy atom. The summed E-state index contributed by atoms with van der Waals surface area (Å²) in [5.74, 6) is -5.61. The summed E-state index contributed by atoms with van der Waals surface area (Å²) >= 11 is 0. The Morgan fingerprint density at radius 3 is 2.08 bits per heavy atom. The molecular weight excluding hydrogens is 513 g/mol. The number of aliphatic carboxylic acids is 1. The number of hydrogen-bond acceptors (Lipinski definition) is 7. The number of benzene rings is 1. The highest BCUT2D eigenvalue weighted by molar-refractivity contribution is 7.89. The molecule has 0 amide bonds. The van der Waals surface area contributed by atoms with Crippen LogP contribution in [-0.2, 0) is 14.8 Å². The zero-order valence-corrected chi connectivity index (χ0v) is 19.0. The lowest BCUT2D eigenvalue weighted by molar-refractivity contribution is -0.192. The molecule has 0 radical (unpaired) electrons. The molecule has 0 unspecified atom stereocenters. The maximum absolute atomic E-state index is 13.6. The Hall–Kier alpha value is -3.72. The summed E-state index contributed by atoms with van der Waals surface area (Å²) in [5.41, 5.74) is 7.68. The van der Waals surface area contributed by atoms with E-state index in [1.54, 1.807) is 30.3 Å². The molecule has 3 N–H and O–H groups in total. The van der Waals surface area contributed by atoms with Crippen molar-refractivity contribution in [3.63, 3.8) is 0 Å². The van der Waals surface area contributed by atoms with Gasteiger partial charge in [0, 0.05) is 48.2 Å². The summed E-state index contributed by atoms with van der Waals surface area (Å²) in [6.07, 6.45) is -0.959. The summed E-state index contributed by atoms with van der Waals surface area (Å²) < 4.78 is 85.7. The molecule has 192 valence electrons. The minimum atomic E-state index is -5.08. The van der Waals surface area contributed by atoms with Crippen LogP contribution < -0.4 is 5.73 Å². The van der Waals surface area contributed by atoms with Gasteiger partial charge < -0.3 is 10.8 Å². The predicted octanol–water partition coefficient (Wildman–Crippen LogP) is 3.45. The van der Waals surface area contributed by atoms with Crippen molar-refractivity contribution in [2.24, 2.45) is 0 Å². The molecule has 3 heterocycles. The van der Waals surface area contributed by atoms with E-state index in [1.807, 2.05) is 0 Å². The average molecular weight is 531 g/mol. The van der Waals surface area contributed by atoms with Crippen LogP contribution in [0.15, 0.2) is 59.9 Å². The number of rotatable bonds is 4. The van der Waals surface area contributed by atoms with Crippen LogP contribution in [0.1, 0.15) is 6.42 Å². The van der Waals surface area contributed by atoms with Crippen molar-refractivity contribution in [1.29, 1.82) is 0 Å². The van der Waals surface area contributed by atoms with Crippen LogP contribution in [0.25, 0.3) is 22.4 Å². The van der Waals surface area contributed by atoms with Crippen molar-refractivity contribution in [2.45, 2.75) is 23.4 Å². The molecule has 1 aromatic carbocycles. The minimum Gasteiger partial charge on any atom is -0.475 e. The molecule has 4 rings (SSSR count). The molecule has 0 bridgehead atoms. The average Bonchev–Trinajstić information content (AvgIpc) is 3.20. The highest BCUT2D eigenvalue weighted by atomic mass is 32.2. The number of alkyl halides is 5. The van der Waals surface area contributed by atoms with Gasteiger partial charge in [-0.3, -0.25) is 4.98 Å². The number of carbonyl (C=O) groups is 1. The van der Waals surface area contributed by atoms with E-state index in [2.05, 4.69) is 15.0 Å². The maximum Gasteiger partial charge on any atom is 0.490 e. The lowest BCUT2D eigenvalue weighted by Crippen LogP contribution is -2.31. The molecule has 1 saturated heterocycles. The number of nitrogens with two attached hydrogens (primary N) is 1. The van der Waals surface area contributed by atoms with Crippen LogP contribution in [-0.4, -0.2) is 63.9 Å². The molecule has 36 heavy (non-hydrogen) atoms. The van der Waals surface area contributed by atoms with E-state index in [9.17, 15) is 30.4 Å². The minimum absolute atomic E-state index is 0.0249.